The maximum absolute atomic E-state index is 12.9. The van der Waals surface area contributed by atoms with Crippen molar-refractivity contribution in [1.82, 2.24) is 19.8 Å². The summed E-state index contributed by atoms with van der Waals surface area (Å²) in [6.07, 6.45) is 4.68. The Hall–Kier alpha value is -2.14. The first-order valence-corrected chi connectivity index (χ1v) is 7.78. The van der Waals surface area contributed by atoms with E-state index in [1.165, 1.54) is 5.56 Å². The third kappa shape index (κ3) is 2.76. The summed E-state index contributed by atoms with van der Waals surface area (Å²) in [5.41, 5.74) is 2.00. The lowest BCUT2D eigenvalue weighted by Crippen LogP contribution is -2.49. The number of aromatic nitrogens is 2. The number of carbonyl (C=O) groups is 1. The normalized spacial score (nSPS) is 18.5. The highest BCUT2D eigenvalue weighted by Gasteiger charge is 2.30. The monoisotopic (exact) mass is 298 g/mol. The summed E-state index contributed by atoms with van der Waals surface area (Å²) in [7, 11) is 1.97. The summed E-state index contributed by atoms with van der Waals surface area (Å²) >= 11 is 0. The Balaban J connectivity index is 1.86. The van der Waals surface area contributed by atoms with E-state index in [0.717, 1.165) is 30.9 Å². The molecule has 116 valence electrons. The van der Waals surface area contributed by atoms with Crippen LogP contribution in [0.3, 0.4) is 0 Å². The fourth-order valence-electron chi connectivity index (χ4n) is 2.93. The van der Waals surface area contributed by atoms with Gasteiger partial charge in [0.15, 0.2) is 0 Å². The number of nitrogens with one attached hydrogen (secondary N) is 1. The second kappa shape index (κ2) is 6.32. The lowest BCUT2D eigenvalue weighted by molar-refractivity contribution is 0.0621. The van der Waals surface area contributed by atoms with Crippen molar-refractivity contribution in [3.8, 4) is 0 Å². The van der Waals surface area contributed by atoms with Gasteiger partial charge in [-0.15, -0.1) is 0 Å². The predicted molar refractivity (Wildman–Crippen MR) is 85.7 cm³/mol. The lowest BCUT2D eigenvalue weighted by Gasteiger charge is -2.35. The molecule has 1 unspecified atom stereocenters. The van der Waals surface area contributed by atoms with Crippen molar-refractivity contribution >= 4 is 5.91 Å². The van der Waals surface area contributed by atoms with Gasteiger partial charge in [0.2, 0.25) is 0 Å². The van der Waals surface area contributed by atoms with E-state index in [4.69, 9.17) is 0 Å². The van der Waals surface area contributed by atoms with Gasteiger partial charge in [0.1, 0.15) is 11.9 Å². The summed E-state index contributed by atoms with van der Waals surface area (Å²) in [4.78, 5) is 19.2. The van der Waals surface area contributed by atoms with Crippen molar-refractivity contribution in [3.63, 3.8) is 0 Å². The summed E-state index contributed by atoms with van der Waals surface area (Å²) in [5, 5.41) is 3.36. The van der Waals surface area contributed by atoms with Crippen LogP contribution >= 0.6 is 0 Å². The van der Waals surface area contributed by atoms with Gasteiger partial charge in [-0.1, -0.05) is 19.1 Å². The molecule has 0 bridgehead atoms. The van der Waals surface area contributed by atoms with Crippen molar-refractivity contribution in [2.24, 2.45) is 7.05 Å². The number of hydrogen-bond donors (Lipinski definition) is 1. The van der Waals surface area contributed by atoms with Crippen molar-refractivity contribution in [2.45, 2.75) is 19.4 Å². The van der Waals surface area contributed by atoms with E-state index in [-0.39, 0.29) is 11.9 Å². The van der Waals surface area contributed by atoms with Crippen LogP contribution in [0.2, 0.25) is 0 Å². The maximum Gasteiger partial charge on any atom is 0.254 e. The number of benzene rings is 1. The summed E-state index contributed by atoms with van der Waals surface area (Å²) in [6, 6.07) is 7.90. The molecular formula is C17H22N4O. The molecule has 5 heteroatoms. The second-order valence-corrected chi connectivity index (χ2v) is 5.67. The first-order valence-electron chi connectivity index (χ1n) is 7.78. The Kier molecular flexibility index (Phi) is 4.24. The molecule has 1 aromatic heterocycles. The molecule has 2 heterocycles. The Morgan fingerprint density at radius 3 is 2.77 bits per heavy atom. The third-order valence-electron chi connectivity index (χ3n) is 4.27. The van der Waals surface area contributed by atoms with Crippen LogP contribution in [0, 0.1) is 0 Å². The molecule has 1 aliphatic rings. The Morgan fingerprint density at radius 1 is 1.36 bits per heavy atom. The van der Waals surface area contributed by atoms with E-state index in [1.807, 2.05) is 47.0 Å². The summed E-state index contributed by atoms with van der Waals surface area (Å²) in [5.74, 6) is 1.00. The highest BCUT2D eigenvalue weighted by molar-refractivity contribution is 5.94. The molecule has 2 aromatic rings. The first-order chi connectivity index (χ1) is 10.7. The van der Waals surface area contributed by atoms with E-state index in [9.17, 15) is 4.79 Å². The van der Waals surface area contributed by atoms with Gasteiger partial charge in [-0.05, 0) is 24.1 Å². The molecule has 0 aliphatic carbocycles. The predicted octanol–water partition coefficient (Wildman–Crippen LogP) is 1.77. The lowest BCUT2D eigenvalue weighted by atomic mass is 10.1. The topological polar surface area (TPSA) is 50.2 Å². The average molecular weight is 298 g/mol. The van der Waals surface area contributed by atoms with Crippen LogP contribution in [0.4, 0.5) is 0 Å². The molecule has 0 radical (unpaired) electrons. The van der Waals surface area contributed by atoms with Gasteiger partial charge in [0, 0.05) is 44.6 Å². The van der Waals surface area contributed by atoms with Gasteiger partial charge >= 0.3 is 0 Å². The van der Waals surface area contributed by atoms with Gasteiger partial charge < -0.3 is 14.8 Å². The molecular weight excluding hydrogens is 276 g/mol. The molecule has 0 spiro atoms. The van der Waals surface area contributed by atoms with Crippen LogP contribution in [0.15, 0.2) is 36.7 Å². The van der Waals surface area contributed by atoms with Gasteiger partial charge in [-0.25, -0.2) is 4.98 Å². The SMILES string of the molecule is CCc1ccc(C(=O)N2CCNCC2c2nccn2C)cc1. The van der Waals surface area contributed by atoms with Crippen molar-refractivity contribution in [1.29, 1.82) is 0 Å². The van der Waals surface area contributed by atoms with Gasteiger partial charge in [0.25, 0.3) is 5.91 Å². The third-order valence-corrected chi connectivity index (χ3v) is 4.27. The van der Waals surface area contributed by atoms with Gasteiger partial charge in [0.05, 0.1) is 0 Å². The molecule has 1 N–H and O–H groups in total. The van der Waals surface area contributed by atoms with Crippen molar-refractivity contribution < 1.29 is 4.79 Å². The highest BCUT2D eigenvalue weighted by Crippen LogP contribution is 2.22. The molecule has 1 amide bonds. The minimum Gasteiger partial charge on any atom is -0.336 e. The van der Waals surface area contributed by atoms with Crippen molar-refractivity contribution in [2.75, 3.05) is 19.6 Å². The fourth-order valence-corrected chi connectivity index (χ4v) is 2.93. The molecule has 5 nitrogen and oxygen atoms in total. The minimum atomic E-state index is -0.0212. The molecule has 0 saturated carbocycles. The van der Waals surface area contributed by atoms with Crippen LogP contribution in [0.5, 0.6) is 0 Å². The maximum atomic E-state index is 12.9. The fraction of sp³-hybridized carbons (Fsp3) is 0.412. The van der Waals surface area contributed by atoms with Crippen LogP contribution in [-0.4, -0.2) is 40.0 Å². The number of nitrogens with zero attached hydrogens (tertiary/aromatic N) is 3. The highest BCUT2D eigenvalue weighted by atomic mass is 16.2. The number of imidazole rings is 1. The summed E-state index contributed by atoms with van der Waals surface area (Å²) in [6.45, 7) is 4.37. The number of carbonyl (C=O) groups excluding carboxylic acids is 1. The van der Waals surface area contributed by atoms with E-state index in [2.05, 4.69) is 17.2 Å². The molecule has 1 fully saturated rings. The van der Waals surface area contributed by atoms with E-state index in [0.29, 0.717) is 6.54 Å². The molecule has 1 atom stereocenters. The van der Waals surface area contributed by atoms with Crippen LogP contribution < -0.4 is 5.32 Å². The Labute approximate surface area is 131 Å². The van der Waals surface area contributed by atoms with E-state index in [1.54, 1.807) is 6.20 Å². The number of hydrogen-bond acceptors (Lipinski definition) is 3. The Morgan fingerprint density at radius 2 is 2.14 bits per heavy atom. The smallest absolute Gasteiger partial charge is 0.254 e. The van der Waals surface area contributed by atoms with Crippen LogP contribution in [0.25, 0.3) is 0 Å². The van der Waals surface area contributed by atoms with Crippen LogP contribution in [-0.2, 0) is 13.5 Å². The van der Waals surface area contributed by atoms with E-state index >= 15 is 0 Å². The number of amides is 1. The molecule has 1 saturated heterocycles. The largest absolute Gasteiger partial charge is 0.336 e. The standard InChI is InChI=1S/C17H22N4O/c1-3-13-4-6-14(7-5-13)17(22)21-11-8-18-12-15(21)16-19-9-10-20(16)2/h4-7,9-10,15,18H,3,8,11-12H2,1-2H3. The summed E-state index contributed by atoms with van der Waals surface area (Å²) < 4.78 is 1.98. The van der Waals surface area contributed by atoms with Crippen LogP contribution in [0.1, 0.15) is 34.7 Å². The second-order valence-electron chi connectivity index (χ2n) is 5.67. The molecule has 1 aliphatic heterocycles. The first kappa shape index (κ1) is 14.8. The van der Waals surface area contributed by atoms with E-state index < -0.39 is 0 Å². The minimum absolute atomic E-state index is 0.0212. The van der Waals surface area contributed by atoms with Gasteiger partial charge in [-0.2, -0.15) is 0 Å². The zero-order valence-corrected chi connectivity index (χ0v) is 13.1. The molecule has 3 rings (SSSR count). The Bertz CT molecular complexity index is 647. The van der Waals surface area contributed by atoms with Gasteiger partial charge in [-0.3, -0.25) is 4.79 Å². The zero-order chi connectivity index (χ0) is 15.5. The molecule has 1 aromatic carbocycles. The quantitative estimate of drug-likeness (QED) is 0.939. The zero-order valence-electron chi connectivity index (χ0n) is 13.1. The number of piperazine rings is 1. The number of aryl methyl sites for hydroxylation is 2. The number of rotatable bonds is 3. The average Bonchev–Trinajstić information content (AvgIpc) is 3.00. The molecule has 22 heavy (non-hydrogen) atoms. The van der Waals surface area contributed by atoms with Crippen molar-refractivity contribution in [3.05, 3.63) is 53.6 Å².